The maximum Gasteiger partial charge on any atom is 0.243 e. The summed E-state index contributed by atoms with van der Waals surface area (Å²) in [6.07, 6.45) is 4.99. The van der Waals surface area contributed by atoms with Crippen molar-refractivity contribution in [3.8, 4) is 5.75 Å². The zero-order chi connectivity index (χ0) is 18.9. The summed E-state index contributed by atoms with van der Waals surface area (Å²) in [4.78, 5) is 1.77. The number of nitrogens with zero attached hydrogens (tertiary/aromatic N) is 7. The van der Waals surface area contributed by atoms with Gasteiger partial charge in [-0.15, -0.1) is 5.10 Å². The van der Waals surface area contributed by atoms with Gasteiger partial charge in [-0.05, 0) is 31.2 Å². The molecule has 0 N–H and O–H groups in total. The highest BCUT2D eigenvalue weighted by Gasteiger charge is 2.38. The fourth-order valence-corrected chi connectivity index (χ4v) is 4.35. The van der Waals surface area contributed by atoms with Gasteiger partial charge < -0.3 is 4.74 Å². The van der Waals surface area contributed by atoms with Crippen molar-refractivity contribution in [1.82, 2.24) is 34.3 Å². The average Bonchev–Trinajstić information content (AvgIpc) is 3.27. The molecule has 0 radical (unpaired) electrons. The van der Waals surface area contributed by atoms with Crippen LogP contribution in [-0.4, -0.2) is 62.4 Å². The van der Waals surface area contributed by atoms with Crippen LogP contribution in [0, 0.1) is 0 Å². The Balaban J connectivity index is 1.39. The first kappa shape index (κ1) is 17.6. The first-order valence-corrected chi connectivity index (χ1v) is 9.98. The minimum atomic E-state index is -3.52. The van der Waals surface area contributed by atoms with E-state index >= 15 is 0 Å². The van der Waals surface area contributed by atoms with E-state index in [2.05, 4.69) is 20.5 Å². The second-order valence-electron chi connectivity index (χ2n) is 6.13. The second kappa shape index (κ2) is 7.08. The second-order valence-corrected chi connectivity index (χ2v) is 8.07. The molecule has 0 unspecified atom stereocenters. The Morgan fingerprint density at radius 1 is 1.15 bits per heavy atom. The molecule has 27 heavy (non-hydrogen) atoms. The summed E-state index contributed by atoms with van der Waals surface area (Å²) in [5.74, 6) is 0.653. The molecular weight excluding hydrogens is 370 g/mol. The van der Waals surface area contributed by atoms with Gasteiger partial charge in [-0.3, -0.25) is 0 Å². The van der Waals surface area contributed by atoms with Crippen LogP contribution in [0.4, 0.5) is 0 Å². The molecule has 1 fully saturated rings. The molecule has 1 aromatic carbocycles. The van der Waals surface area contributed by atoms with E-state index in [4.69, 9.17) is 4.74 Å². The van der Waals surface area contributed by atoms with E-state index < -0.39 is 10.0 Å². The molecule has 0 aliphatic carbocycles. The molecule has 0 amide bonds. The van der Waals surface area contributed by atoms with Crippen LogP contribution in [0.5, 0.6) is 5.75 Å². The number of benzene rings is 1. The summed E-state index contributed by atoms with van der Waals surface area (Å²) >= 11 is 0. The van der Waals surface area contributed by atoms with E-state index in [-0.39, 0.29) is 10.9 Å². The molecule has 2 aromatic heterocycles. The lowest BCUT2D eigenvalue weighted by Crippen LogP contribution is -2.50. The molecule has 10 nitrogen and oxygen atoms in total. The minimum absolute atomic E-state index is 0.0331. The third-order valence-electron chi connectivity index (χ3n) is 4.30. The van der Waals surface area contributed by atoms with Crippen molar-refractivity contribution in [3.63, 3.8) is 0 Å². The van der Waals surface area contributed by atoms with Crippen molar-refractivity contribution in [2.24, 2.45) is 0 Å². The van der Waals surface area contributed by atoms with Gasteiger partial charge in [-0.2, -0.15) is 19.3 Å². The molecule has 0 atom stereocenters. The van der Waals surface area contributed by atoms with E-state index in [1.54, 1.807) is 47.5 Å². The van der Waals surface area contributed by atoms with Crippen molar-refractivity contribution >= 4 is 10.0 Å². The molecule has 3 aromatic rings. The SMILES string of the molecule is CCOc1ccc(S(=O)(=O)N2CC(n3cc(Cn4nccn4)nn3)C2)cc1. The summed E-state index contributed by atoms with van der Waals surface area (Å²) in [5.41, 5.74) is 0.721. The molecular formula is C16H19N7O3S. The smallest absolute Gasteiger partial charge is 0.243 e. The van der Waals surface area contributed by atoms with Crippen LogP contribution >= 0.6 is 0 Å². The Morgan fingerprint density at radius 3 is 2.52 bits per heavy atom. The molecule has 1 aliphatic rings. The molecule has 0 spiro atoms. The summed E-state index contributed by atoms with van der Waals surface area (Å²) in [7, 11) is -3.52. The van der Waals surface area contributed by atoms with E-state index in [1.807, 2.05) is 6.92 Å². The van der Waals surface area contributed by atoms with Gasteiger partial charge in [0.25, 0.3) is 0 Å². The third kappa shape index (κ3) is 3.55. The number of rotatable bonds is 7. The van der Waals surface area contributed by atoms with Crippen molar-refractivity contribution in [3.05, 3.63) is 48.5 Å². The summed E-state index contributed by atoms with van der Waals surface area (Å²) in [6.45, 7) is 3.56. The normalized spacial score (nSPS) is 15.6. The van der Waals surface area contributed by atoms with Crippen molar-refractivity contribution in [2.45, 2.75) is 24.4 Å². The van der Waals surface area contributed by atoms with E-state index in [0.717, 1.165) is 5.69 Å². The first-order chi connectivity index (χ1) is 13.1. The van der Waals surface area contributed by atoms with Gasteiger partial charge in [0.1, 0.15) is 18.0 Å². The number of hydrogen-bond acceptors (Lipinski definition) is 7. The van der Waals surface area contributed by atoms with Crippen molar-refractivity contribution < 1.29 is 13.2 Å². The highest BCUT2D eigenvalue weighted by molar-refractivity contribution is 7.89. The monoisotopic (exact) mass is 389 g/mol. The van der Waals surface area contributed by atoms with Gasteiger partial charge >= 0.3 is 0 Å². The molecule has 11 heteroatoms. The summed E-state index contributed by atoms with van der Waals surface area (Å²) in [5, 5.41) is 16.3. The number of ether oxygens (including phenoxy) is 1. The fourth-order valence-electron chi connectivity index (χ4n) is 2.84. The van der Waals surface area contributed by atoms with Gasteiger partial charge in [0, 0.05) is 13.1 Å². The highest BCUT2D eigenvalue weighted by atomic mass is 32.2. The molecule has 1 aliphatic heterocycles. The average molecular weight is 389 g/mol. The fraction of sp³-hybridized carbons (Fsp3) is 0.375. The van der Waals surface area contributed by atoms with Crippen molar-refractivity contribution in [1.29, 1.82) is 0 Å². The molecule has 0 bridgehead atoms. The van der Waals surface area contributed by atoms with Crippen LogP contribution in [0.2, 0.25) is 0 Å². The number of aromatic nitrogens is 6. The lowest BCUT2D eigenvalue weighted by molar-refractivity contribution is 0.189. The lowest BCUT2D eigenvalue weighted by atomic mass is 10.2. The topological polar surface area (TPSA) is 108 Å². The van der Waals surface area contributed by atoms with Crippen LogP contribution in [0.3, 0.4) is 0 Å². The quantitative estimate of drug-likeness (QED) is 0.581. The maximum atomic E-state index is 12.7. The molecule has 3 heterocycles. The summed E-state index contributed by atoms with van der Waals surface area (Å²) in [6, 6.07) is 6.44. The van der Waals surface area contributed by atoms with Crippen LogP contribution < -0.4 is 4.74 Å². The zero-order valence-corrected chi connectivity index (χ0v) is 15.5. The van der Waals surface area contributed by atoms with Gasteiger partial charge in [0.2, 0.25) is 10.0 Å². The molecule has 4 rings (SSSR count). The van der Waals surface area contributed by atoms with Gasteiger partial charge in [-0.1, -0.05) is 5.21 Å². The van der Waals surface area contributed by atoms with E-state index in [1.165, 1.54) is 9.10 Å². The molecule has 1 saturated heterocycles. The number of sulfonamides is 1. The Morgan fingerprint density at radius 2 is 1.85 bits per heavy atom. The number of hydrogen-bond donors (Lipinski definition) is 0. The predicted octanol–water partition coefficient (Wildman–Crippen LogP) is 0.562. The van der Waals surface area contributed by atoms with Gasteiger partial charge in [0.05, 0.1) is 36.1 Å². The van der Waals surface area contributed by atoms with Crippen molar-refractivity contribution in [2.75, 3.05) is 19.7 Å². The predicted molar refractivity (Wildman–Crippen MR) is 94.6 cm³/mol. The van der Waals surface area contributed by atoms with Crippen LogP contribution in [0.1, 0.15) is 18.7 Å². The summed E-state index contributed by atoms with van der Waals surface area (Å²) < 4.78 is 33.9. The highest BCUT2D eigenvalue weighted by Crippen LogP contribution is 2.28. The van der Waals surface area contributed by atoms with Crippen LogP contribution in [-0.2, 0) is 16.6 Å². The third-order valence-corrected chi connectivity index (χ3v) is 6.15. The Kier molecular flexibility index (Phi) is 4.62. The largest absolute Gasteiger partial charge is 0.494 e. The van der Waals surface area contributed by atoms with E-state index in [0.29, 0.717) is 32.0 Å². The van der Waals surface area contributed by atoms with Crippen LogP contribution in [0.15, 0.2) is 47.8 Å². The minimum Gasteiger partial charge on any atom is -0.494 e. The Hall–Kier alpha value is -2.79. The Labute approximate surface area is 156 Å². The standard InChI is InChI=1S/C16H19N7O3S/c1-2-26-15-3-5-16(6-4-15)27(24,25)21-11-14(12-21)22-9-13(19-20-22)10-23-17-7-8-18-23/h3-9,14H,2,10-12H2,1H3. The Bertz CT molecular complexity index is 993. The lowest BCUT2D eigenvalue weighted by Gasteiger charge is -2.37. The maximum absolute atomic E-state index is 12.7. The van der Waals surface area contributed by atoms with Gasteiger partial charge in [-0.25, -0.2) is 13.1 Å². The van der Waals surface area contributed by atoms with E-state index in [9.17, 15) is 8.42 Å². The molecule has 142 valence electrons. The van der Waals surface area contributed by atoms with Crippen LogP contribution in [0.25, 0.3) is 0 Å². The molecule has 0 saturated carbocycles. The first-order valence-electron chi connectivity index (χ1n) is 8.54. The van der Waals surface area contributed by atoms with Gasteiger partial charge in [0.15, 0.2) is 0 Å². The zero-order valence-electron chi connectivity index (χ0n) is 14.7.